The molecule has 0 saturated carbocycles. The molecule has 1 aliphatic rings. The van der Waals surface area contributed by atoms with Crippen LogP contribution in [0.4, 0.5) is 11.4 Å². The number of hydrogen-bond acceptors (Lipinski definition) is 7. The van der Waals surface area contributed by atoms with Gasteiger partial charge in [-0.1, -0.05) is 60.4 Å². The second-order valence-electron chi connectivity index (χ2n) is 7.77. The maximum atomic E-state index is 13.1. The van der Waals surface area contributed by atoms with Crippen molar-refractivity contribution in [1.82, 2.24) is 0 Å². The van der Waals surface area contributed by atoms with Gasteiger partial charge < -0.3 is 9.47 Å². The number of allylic oxidation sites excluding steroid dienone is 1. The summed E-state index contributed by atoms with van der Waals surface area (Å²) in [6, 6.07) is 19.2. The molecule has 3 aromatic carbocycles. The Hall–Kier alpha value is -3.95. The van der Waals surface area contributed by atoms with Crippen molar-refractivity contribution in [2.24, 2.45) is 0 Å². The molecule has 0 aromatic heterocycles. The quantitative estimate of drug-likeness (QED) is 0.108. The number of nitrogens with zero attached hydrogens (tertiary/aromatic N) is 2. The van der Waals surface area contributed by atoms with Crippen molar-refractivity contribution < 1.29 is 19.2 Å². The van der Waals surface area contributed by atoms with Crippen molar-refractivity contribution in [3.8, 4) is 11.5 Å². The van der Waals surface area contributed by atoms with Crippen molar-refractivity contribution in [3.05, 3.63) is 111 Å². The highest BCUT2D eigenvalue weighted by Gasteiger charge is 2.33. The second kappa shape index (κ2) is 11.2. The molecule has 4 rings (SSSR count). The van der Waals surface area contributed by atoms with Gasteiger partial charge in [-0.05, 0) is 47.9 Å². The van der Waals surface area contributed by atoms with Crippen molar-refractivity contribution in [2.45, 2.75) is 13.0 Å². The number of anilines is 1. The molecule has 0 bridgehead atoms. The van der Waals surface area contributed by atoms with Crippen LogP contribution in [0.3, 0.4) is 0 Å². The van der Waals surface area contributed by atoms with E-state index in [0.29, 0.717) is 32.7 Å². The third-order valence-corrected chi connectivity index (χ3v) is 6.65. The van der Waals surface area contributed by atoms with Gasteiger partial charge in [-0.3, -0.25) is 19.8 Å². The fraction of sp³-hybridized carbons (Fsp3) is 0.111. The first kappa shape index (κ1) is 25.2. The van der Waals surface area contributed by atoms with E-state index in [9.17, 15) is 14.9 Å². The molecular weight excluding hydrogens is 496 g/mol. The van der Waals surface area contributed by atoms with Crippen molar-refractivity contribution in [3.63, 3.8) is 0 Å². The predicted molar refractivity (Wildman–Crippen MR) is 146 cm³/mol. The van der Waals surface area contributed by atoms with Gasteiger partial charge in [0, 0.05) is 17.7 Å². The number of para-hydroxylation sites is 1. The molecule has 0 radical (unpaired) electrons. The normalized spacial score (nSPS) is 14.2. The predicted octanol–water partition coefficient (Wildman–Crippen LogP) is 6.32. The van der Waals surface area contributed by atoms with Gasteiger partial charge in [0.1, 0.15) is 6.61 Å². The molecule has 182 valence electrons. The molecule has 0 N–H and O–H groups in total. The van der Waals surface area contributed by atoms with Crippen LogP contribution in [0.15, 0.2) is 84.3 Å². The summed E-state index contributed by atoms with van der Waals surface area (Å²) in [6.07, 6.45) is 4.02. The van der Waals surface area contributed by atoms with E-state index < -0.39 is 4.92 Å². The molecule has 1 heterocycles. The van der Waals surface area contributed by atoms with Crippen LogP contribution in [-0.2, 0) is 17.8 Å². The average Bonchev–Trinajstić information content (AvgIpc) is 3.16. The molecule has 7 nitrogen and oxygen atoms in total. The topological polar surface area (TPSA) is 81.9 Å². The molecule has 1 aliphatic heterocycles. The van der Waals surface area contributed by atoms with Crippen LogP contribution in [0.2, 0.25) is 0 Å². The van der Waals surface area contributed by atoms with Gasteiger partial charge in [-0.15, -0.1) is 6.58 Å². The van der Waals surface area contributed by atoms with E-state index in [-0.39, 0.29) is 18.2 Å². The number of nitro groups is 1. The van der Waals surface area contributed by atoms with Crippen LogP contribution < -0.4 is 14.4 Å². The average molecular weight is 519 g/mol. The van der Waals surface area contributed by atoms with Crippen LogP contribution in [0.1, 0.15) is 16.7 Å². The zero-order valence-corrected chi connectivity index (χ0v) is 21.0. The van der Waals surface area contributed by atoms with Crippen molar-refractivity contribution in [1.29, 1.82) is 0 Å². The molecule has 36 heavy (non-hydrogen) atoms. The van der Waals surface area contributed by atoms with E-state index in [1.165, 1.54) is 35.9 Å². The van der Waals surface area contributed by atoms with Gasteiger partial charge in [0.25, 0.3) is 11.6 Å². The maximum absolute atomic E-state index is 13.1. The number of methoxy groups -OCH3 is 1. The molecule has 1 fully saturated rings. The summed E-state index contributed by atoms with van der Waals surface area (Å²) in [5, 5.41) is 11.1. The number of carbonyl (C=O) groups excluding carboxylic acids is 1. The zero-order chi connectivity index (χ0) is 25.7. The molecule has 9 heteroatoms. The number of thiocarbonyl (C=S) groups is 1. The molecule has 1 saturated heterocycles. The summed E-state index contributed by atoms with van der Waals surface area (Å²) >= 11 is 6.70. The summed E-state index contributed by atoms with van der Waals surface area (Å²) in [5.41, 5.74) is 2.93. The van der Waals surface area contributed by atoms with Gasteiger partial charge in [0.05, 0.1) is 22.6 Å². The Morgan fingerprint density at radius 1 is 1.14 bits per heavy atom. The van der Waals surface area contributed by atoms with Crippen molar-refractivity contribution >= 4 is 51.7 Å². The molecule has 0 unspecified atom stereocenters. The lowest BCUT2D eigenvalue weighted by molar-refractivity contribution is -0.384. The van der Waals surface area contributed by atoms with Crippen LogP contribution in [0.5, 0.6) is 11.5 Å². The highest BCUT2D eigenvalue weighted by Crippen LogP contribution is 2.39. The fourth-order valence-corrected chi connectivity index (χ4v) is 5.02. The van der Waals surface area contributed by atoms with Gasteiger partial charge in [0.2, 0.25) is 0 Å². The lowest BCUT2D eigenvalue weighted by atomic mass is 10.0. The first-order valence-electron chi connectivity index (χ1n) is 10.9. The number of amides is 1. The summed E-state index contributed by atoms with van der Waals surface area (Å²) in [7, 11) is 1.53. The van der Waals surface area contributed by atoms with Crippen LogP contribution in [0.25, 0.3) is 6.08 Å². The highest BCUT2D eigenvalue weighted by molar-refractivity contribution is 8.27. The highest BCUT2D eigenvalue weighted by atomic mass is 32.2. The van der Waals surface area contributed by atoms with E-state index in [4.69, 9.17) is 21.7 Å². The third kappa shape index (κ3) is 5.48. The largest absolute Gasteiger partial charge is 0.493 e. The Morgan fingerprint density at radius 3 is 2.61 bits per heavy atom. The summed E-state index contributed by atoms with van der Waals surface area (Å²) < 4.78 is 12.1. The Morgan fingerprint density at radius 2 is 1.92 bits per heavy atom. The molecule has 1 amide bonds. The number of nitro benzene ring substituents is 1. The molecule has 0 spiro atoms. The number of non-ortho nitro benzene ring substituents is 1. The lowest BCUT2D eigenvalue weighted by Gasteiger charge is -2.16. The minimum absolute atomic E-state index is 0.00227. The number of ether oxygens (including phenoxy) is 2. The first-order chi connectivity index (χ1) is 17.4. The zero-order valence-electron chi connectivity index (χ0n) is 19.4. The number of hydrogen-bond donors (Lipinski definition) is 0. The molecule has 3 aromatic rings. The smallest absolute Gasteiger partial charge is 0.270 e. The van der Waals surface area contributed by atoms with Crippen molar-refractivity contribution in [2.75, 3.05) is 12.0 Å². The second-order valence-corrected chi connectivity index (χ2v) is 9.45. The van der Waals surface area contributed by atoms with Crippen LogP contribution in [0, 0.1) is 10.1 Å². The van der Waals surface area contributed by atoms with E-state index in [1.54, 1.807) is 30.4 Å². The number of carbonyl (C=O) groups is 1. The van der Waals surface area contributed by atoms with Gasteiger partial charge in [0.15, 0.2) is 15.8 Å². The fourth-order valence-electron chi connectivity index (χ4n) is 3.72. The monoisotopic (exact) mass is 518 g/mol. The van der Waals surface area contributed by atoms with E-state index >= 15 is 0 Å². The Balaban J connectivity index is 1.63. The molecular formula is C27H22N2O5S2. The van der Waals surface area contributed by atoms with E-state index in [0.717, 1.165) is 16.8 Å². The Labute approximate surface area is 218 Å². The minimum atomic E-state index is -0.442. The maximum Gasteiger partial charge on any atom is 0.270 e. The Kier molecular flexibility index (Phi) is 7.82. The Bertz CT molecular complexity index is 1370. The van der Waals surface area contributed by atoms with Gasteiger partial charge >= 0.3 is 0 Å². The summed E-state index contributed by atoms with van der Waals surface area (Å²) in [4.78, 5) is 25.8. The molecule has 0 atom stereocenters. The van der Waals surface area contributed by atoms with Crippen LogP contribution in [-0.4, -0.2) is 22.3 Å². The lowest BCUT2D eigenvalue weighted by Crippen LogP contribution is -2.27. The number of benzene rings is 3. The molecule has 0 aliphatic carbocycles. The van der Waals surface area contributed by atoms with E-state index in [1.807, 2.05) is 36.4 Å². The SMILES string of the molecule is C=CCc1cc(/C=C2/SC(=S)N(c3ccccc3)C2=O)cc(OC)c1OCc1cccc([N+](=O)[O-])c1. The summed E-state index contributed by atoms with van der Waals surface area (Å²) in [6.45, 7) is 3.95. The summed E-state index contributed by atoms with van der Waals surface area (Å²) in [5.74, 6) is 0.800. The standard InChI is InChI=1S/C27H22N2O5S2/c1-3-8-20-13-19(16-24-26(30)28(27(35)36-24)21-10-5-4-6-11-21)15-23(33-2)25(20)34-17-18-9-7-12-22(14-18)29(31)32/h3-7,9-16H,1,8,17H2,2H3/b24-16+. The third-order valence-electron chi connectivity index (χ3n) is 5.35. The minimum Gasteiger partial charge on any atom is -0.493 e. The first-order valence-corrected chi connectivity index (χ1v) is 12.1. The van der Waals surface area contributed by atoms with Gasteiger partial charge in [-0.2, -0.15) is 0 Å². The van der Waals surface area contributed by atoms with Crippen LogP contribution >= 0.6 is 24.0 Å². The number of thioether (sulfide) groups is 1. The number of rotatable bonds is 9. The van der Waals surface area contributed by atoms with Gasteiger partial charge in [-0.25, -0.2) is 0 Å². The van der Waals surface area contributed by atoms with E-state index in [2.05, 4.69) is 6.58 Å².